The molecule has 1 saturated heterocycles. The summed E-state index contributed by atoms with van der Waals surface area (Å²) >= 11 is 0. The molecule has 1 rings (SSSR count). The third-order valence-corrected chi connectivity index (χ3v) is 2.91. The zero-order valence-corrected chi connectivity index (χ0v) is 10.1. The molecule has 4 N–H and O–H groups in total. The summed E-state index contributed by atoms with van der Waals surface area (Å²) in [6.07, 6.45) is -3.54. The average Bonchev–Trinajstić information content (AvgIpc) is 2.29. The molecule has 1 aliphatic heterocycles. The number of rotatable bonds is 3. The molecule has 0 unspecified atom stereocenters. The Bertz CT molecular complexity index is 284. The summed E-state index contributed by atoms with van der Waals surface area (Å²) in [6.45, 7) is 2.26. The Morgan fingerprint density at radius 2 is 2.12 bits per heavy atom. The predicted molar refractivity (Wildman–Crippen MR) is 57.0 cm³/mol. The van der Waals surface area contributed by atoms with Crippen LogP contribution in [-0.4, -0.2) is 65.1 Å². The fourth-order valence-electron chi connectivity index (χ4n) is 1.84. The minimum atomic E-state index is -1.32. The van der Waals surface area contributed by atoms with E-state index in [-0.39, 0.29) is 5.91 Å². The molecule has 100 valence electrons. The van der Waals surface area contributed by atoms with Gasteiger partial charge in [0, 0.05) is 14.0 Å². The molecule has 1 amide bonds. The van der Waals surface area contributed by atoms with Crippen LogP contribution >= 0.6 is 0 Å². The molecular weight excluding hydrogens is 230 g/mol. The van der Waals surface area contributed by atoms with E-state index in [4.69, 9.17) is 9.47 Å². The van der Waals surface area contributed by atoms with Gasteiger partial charge in [0.15, 0.2) is 6.29 Å². The molecule has 0 radical (unpaired) electrons. The van der Waals surface area contributed by atoms with Gasteiger partial charge in [-0.25, -0.2) is 0 Å². The minimum Gasteiger partial charge on any atom is -0.393 e. The van der Waals surface area contributed by atoms with E-state index in [0.717, 1.165) is 0 Å². The number of hydrogen-bond donors (Lipinski definition) is 4. The van der Waals surface area contributed by atoms with E-state index < -0.39 is 36.7 Å². The summed E-state index contributed by atoms with van der Waals surface area (Å²) < 4.78 is 10.4. The smallest absolute Gasteiger partial charge is 0.217 e. The van der Waals surface area contributed by atoms with Crippen LogP contribution in [0.2, 0.25) is 0 Å². The second-order valence-corrected chi connectivity index (χ2v) is 4.35. The third kappa shape index (κ3) is 2.75. The van der Waals surface area contributed by atoms with Crippen molar-refractivity contribution in [2.45, 2.75) is 44.0 Å². The lowest BCUT2D eigenvalue weighted by atomic mass is 9.87. The lowest BCUT2D eigenvalue weighted by Gasteiger charge is -2.47. The first-order chi connectivity index (χ1) is 7.85. The van der Waals surface area contributed by atoms with Crippen LogP contribution in [0.1, 0.15) is 13.8 Å². The third-order valence-electron chi connectivity index (χ3n) is 2.91. The van der Waals surface area contributed by atoms with Gasteiger partial charge in [0.05, 0.1) is 6.61 Å². The van der Waals surface area contributed by atoms with Gasteiger partial charge in [-0.3, -0.25) is 4.79 Å². The summed E-state index contributed by atoms with van der Waals surface area (Å²) in [5.41, 5.74) is -1.32. The maximum absolute atomic E-state index is 11.0. The number of carbonyl (C=O) groups excluding carboxylic acids is 1. The van der Waals surface area contributed by atoms with Gasteiger partial charge in [0.25, 0.3) is 0 Å². The van der Waals surface area contributed by atoms with Crippen molar-refractivity contribution in [1.82, 2.24) is 5.32 Å². The lowest BCUT2D eigenvalue weighted by molar-refractivity contribution is -0.301. The Hall–Kier alpha value is -0.730. The van der Waals surface area contributed by atoms with Crippen LogP contribution in [-0.2, 0) is 14.3 Å². The van der Waals surface area contributed by atoms with Crippen molar-refractivity contribution in [2.24, 2.45) is 0 Å². The van der Waals surface area contributed by atoms with E-state index in [1.165, 1.54) is 21.0 Å². The Morgan fingerprint density at radius 1 is 1.53 bits per heavy atom. The Balaban J connectivity index is 2.91. The van der Waals surface area contributed by atoms with Gasteiger partial charge in [-0.05, 0) is 6.92 Å². The average molecular weight is 249 g/mol. The lowest BCUT2D eigenvalue weighted by Crippen LogP contribution is -2.68. The summed E-state index contributed by atoms with van der Waals surface area (Å²) in [4.78, 5) is 11.0. The number of hydrogen-bond acceptors (Lipinski definition) is 6. The first-order valence-corrected chi connectivity index (χ1v) is 5.30. The van der Waals surface area contributed by atoms with E-state index in [0.29, 0.717) is 0 Å². The number of aliphatic hydroxyl groups excluding tert-OH is 3. The molecule has 5 atom stereocenters. The van der Waals surface area contributed by atoms with Crippen molar-refractivity contribution >= 4 is 5.91 Å². The number of nitrogens with one attached hydrogen (secondary N) is 1. The maximum Gasteiger partial charge on any atom is 0.217 e. The highest BCUT2D eigenvalue weighted by molar-refractivity contribution is 5.73. The largest absolute Gasteiger partial charge is 0.393 e. The Labute approximate surface area is 99.3 Å². The van der Waals surface area contributed by atoms with Crippen LogP contribution in [0.25, 0.3) is 0 Å². The molecule has 1 aliphatic rings. The SMILES string of the molecule is CO[C@H]1O[C@](C)(CO)[C@H](O)[C@H](O)[C@H]1NC(C)=O. The number of aliphatic hydroxyl groups is 3. The highest BCUT2D eigenvalue weighted by atomic mass is 16.7. The van der Waals surface area contributed by atoms with Crippen molar-refractivity contribution < 1.29 is 29.6 Å². The number of amides is 1. The topological polar surface area (TPSA) is 108 Å². The van der Waals surface area contributed by atoms with Gasteiger partial charge in [-0.15, -0.1) is 0 Å². The van der Waals surface area contributed by atoms with Gasteiger partial charge in [-0.2, -0.15) is 0 Å². The van der Waals surface area contributed by atoms with E-state index in [2.05, 4.69) is 5.32 Å². The van der Waals surface area contributed by atoms with Gasteiger partial charge in [0.2, 0.25) is 5.91 Å². The normalized spacial score (nSPS) is 42.2. The summed E-state index contributed by atoms with van der Waals surface area (Å²) in [5, 5.41) is 31.4. The van der Waals surface area contributed by atoms with Gasteiger partial charge in [0.1, 0.15) is 23.9 Å². The van der Waals surface area contributed by atoms with Crippen molar-refractivity contribution in [2.75, 3.05) is 13.7 Å². The van der Waals surface area contributed by atoms with Gasteiger partial charge in [-0.1, -0.05) is 0 Å². The van der Waals surface area contributed by atoms with Crippen LogP contribution in [0.3, 0.4) is 0 Å². The Morgan fingerprint density at radius 3 is 2.53 bits per heavy atom. The van der Waals surface area contributed by atoms with Crippen LogP contribution in [0.15, 0.2) is 0 Å². The first-order valence-electron chi connectivity index (χ1n) is 5.30. The monoisotopic (exact) mass is 249 g/mol. The fraction of sp³-hybridized carbons (Fsp3) is 0.900. The molecule has 1 heterocycles. The molecule has 0 aromatic rings. The van der Waals surface area contributed by atoms with Crippen LogP contribution in [0.5, 0.6) is 0 Å². The molecule has 7 heteroatoms. The quantitative estimate of drug-likeness (QED) is 0.459. The van der Waals surface area contributed by atoms with Gasteiger partial charge >= 0.3 is 0 Å². The highest BCUT2D eigenvalue weighted by Gasteiger charge is 2.51. The van der Waals surface area contributed by atoms with Crippen molar-refractivity contribution in [1.29, 1.82) is 0 Å². The molecule has 17 heavy (non-hydrogen) atoms. The van der Waals surface area contributed by atoms with E-state index >= 15 is 0 Å². The summed E-state index contributed by atoms with van der Waals surface area (Å²) in [7, 11) is 1.35. The molecule has 0 aromatic heterocycles. The van der Waals surface area contributed by atoms with Crippen molar-refractivity contribution in [3.05, 3.63) is 0 Å². The molecule has 0 spiro atoms. The van der Waals surface area contributed by atoms with Crippen LogP contribution in [0.4, 0.5) is 0 Å². The molecule has 0 aliphatic carbocycles. The summed E-state index contributed by atoms with van der Waals surface area (Å²) in [5.74, 6) is -0.375. The fourth-order valence-corrected chi connectivity index (χ4v) is 1.84. The standard InChI is InChI=1S/C10H19NO6/c1-5(13)11-6-7(14)8(15)10(2,4-12)17-9(6)16-3/h6-9,12,14-15H,4H2,1-3H3,(H,11,13)/t6-,7-,8-,9+,10-/m1/s1. The number of carbonyl (C=O) groups is 1. The van der Waals surface area contributed by atoms with E-state index in [1.807, 2.05) is 0 Å². The maximum atomic E-state index is 11.0. The van der Waals surface area contributed by atoms with Crippen molar-refractivity contribution in [3.63, 3.8) is 0 Å². The molecule has 1 fully saturated rings. The molecule has 7 nitrogen and oxygen atoms in total. The van der Waals surface area contributed by atoms with E-state index in [9.17, 15) is 20.1 Å². The van der Waals surface area contributed by atoms with Crippen LogP contribution in [0, 0.1) is 0 Å². The Kier molecular flexibility index (Phi) is 4.45. The number of ether oxygens (including phenoxy) is 2. The summed E-state index contributed by atoms with van der Waals surface area (Å²) in [6, 6.07) is -0.882. The molecule has 0 aromatic carbocycles. The highest BCUT2D eigenvalue weighted by Crippen LogP contribution is 2.29. The predicted octanol–water partition coefficient (Wildman–Crippen LogP) is -2.03. The van der Waals surface area contributed by atoms with Crippen molar-refractivity contribution in [3.8, 4) is 0 Å². The molecule has 0 saturated carbocycles. The molecule has 0 bridgehead atoms. The zero-order valence-electron chi connectivity index (χ0n) is 10.1. The second-order valence-electron chi connectivity index (χ2n) is 4.35. The zero-order chi connectivity index (χ0) is 13.2. The van der Waals surface area contributed by atoms with Crippen LogP contribution < -0.4 is 5.32 Å². The van der Waals surface area contributed by atoms with E-state index in [1.54, 1.807) is 0 Å². The molecular formula is C10H19NO6. The first kappa shape index (κ1) is 14.3. The van der Waals surface area contributed by atoms with Gasteiger partial charge < -0.3 is 30.1 Å². The number of methoxy groups -OCH3 is 1. The minimum absolute atomic E-state index is 0.375. The second kappa shape index (κ2) is 5.28.